The van der Waals surface area contributed by atoms with Crippen LogP contribution >= 0.6 is 11.3 Å². The summed E-state index contributed by atoms with van der Waals surface area (Å²) in [6, 6.07) is 8.28. The molecule has 196 valence electrons. The van der Waals surface area contributed by atoms with E-state index >= 15 is 0 Å². The van der Waals surface area contributed by atoms with Gasteiger partial charge in [0.2, 0.25) is 4.96 Å². The van der Waals surface area contributed by atoms with Crippen LogP contribution in [0.15, 0.2) is 58.9 Å². The average Bonchev–Trinajstić information content (AvgIpc) is 3.51. The van der Waals surface area contributed by atoms with Gasteiger partial charge in [-0.1, -0.05) is 38.2 Å². The predicted molar refractivity (Wildman–Crippen MR) is 156 cm³/mol. The number of aromatic nitrogens is 5. The van der Waals surface area contributed by atoms with Crippen molar-refractivity contribution >= 4 is 45.2 Å². The first-order valence-electron chi connectivity index (χ1n) is 12.1. The van der Waals surface area contributed by atoms with E-state index in [4.69, 9.17) is 11.5 Å². The maximum absolute atomic E-state index is 5.73. The lowest BCUT2D eigenvalue weighted by molar-refractivity contribution is 0.703. The lowest BCUT2D eigenvalue weighted by Gasteiger charge is -2.05. The number of hydrogen-bond donors (Lipinski definition) is 3. The van der Waals surface area contributed by atoms with Gasteiger partial charge in [0, 0.05) is 68.4 Å². The largest absolute Gasteiger partial charge is 0.405 e. The van der Waals surface area contributed by atoms with Gasteiger partial charge in [0.15, 0.2) is 5.82 Å². The zero-order valence-corrected chi connectivity index (χ0v) is 22.9. The van der Waals surface area contributed by atoms with Gasteiger partial charge < -0.3 is 16.8 Å². The summed E-state index contributed by atoms with van der Waals surface area (Å²) in [5.41, 5.74) is 14.5. The van der Waals surface area contributed by atoms with E-state index in [1.165, 1.54) is 6.20 Å². The monoisotopic (exact) mass is 520 g/mol. The minimum absolute atomic E-state index is 0.641. The molecule has 0 aliphatic heterocycles. The molecular weight excluding hydrogens is 484 g/mol. The van der Waals surface area contributed by atoms with Crippen LogP contribution in [-0.4, -0.2) is 57.9 Å². The summed E-state index contributed by atoms with van der Waals surface area (Å²) >= 11 is 1.56. The van der Waals surface area contributed by atoms with Crippen LogP contribution in [0.4, 0.5) is 0 Å². The van der Waals surface area contributed by atoms with Crippen molar-refractivity contribution < 1.29 is 0 Å². The van der Waals surface area contributed by atoms with Gasteiger partial charge in [-0.15, -0.1) is 10.2 Å². The maximum Gasteiger partial charge on any atom is 0.234 e. The van der Waals surface area contributed by atoms with E-state index in [1.807, 2.05) is 30.6 Å². The molecule has 0 saturated heterocycles. The Bertz CT molecular complexity index is 1350. The van der Waals surface area contributed by atoms with Crippen molar-refractivity contribution in [1.29, 1.82) is 0 Å². The molecule has 0 atom stereocenters. The van der Waals surface area contributed by atoms with Crippen molar-refractivity contribution in [3.05, 3.63) is 70.9 Å². The molecule has 0 fully saturated rings. The van der Waals surface area contributed by atoms with Crippen LogP contribution in [-0.2, 0) is 13.0 Å². The second-order valence-corrected chi connectivity index (χ2v) is 8.36. The fraction of sp³-hybridized carbons (Fsp3) is 0.308. The Morgan fingerprint density at radius 1 is 1.14 bits per heavy atom. The van der Waals surface area contributed by atoms with E-state index in [2.05, 4.69) is 60.7 Å². The molecular formula is C26H36N10S. The van der Waals surface area contributed by atoms with Crippen molar-refractivity contribution in [1.82, 2.24) is 30.1 Å². The molecule has 3 aromatic heterocycles. The summed E-state index contributed by atoms with van der Waals surface area (Å²) < 4.78 is 1.84. The zero-order chi connectivity index (χ0) is 27.0. The third kappa shape index (κ3) is 8.29. The van der Waals surface area contributed by atoms with Gasteiger partial charge in [0.05, 0.1) is 5.52 Å². The quantitative estimate of drug-likeness (QED) is 0.301. The summed E-state index contributed by atoms with van der Waals surface area (Å²) in [7, 11) is 3.41. The molecule has 5 N–H and O–H groups in total. The molecule has 0 spiro atoms. The van der Waals surface area contributed by atoms with Gasteiger partial charge in [-0.05, 0) is 42.6 Å². The summed E-state index contributed by atoms with van der Waals surface area (Å²) in [5, 5.41) is 18.6. The molecule has 0 aliphatic carbocycles. The highest BCUT2D eigenvalue weighted by Crippen LogP contribution is 2.21. The van der Waals surface area contributed by atoms with Crippen LogP contribution in [0.3, 0.4) is 0 Å². The molecule has 4 rings (SSSR count). The fourth-order valence-corrected chi connectivity index (χ4v) is 4.05. The van der Waals surface area contributed by atoms with E-state index in [0.717, 1.165) is 56.5 Å². The Balaban J connectivity index is 0.000000531. The minimum atomic E-state index is 0.641. The van der Waals surface area contributed by atoms with E-state index in [0.29, 0.717) is 6.42 Å². The molecule has 1 aromatic carbocycles. The number of fused-ring (bicyclic) bond motifs is 2. The first kappa shape index (κ1) is 29.3. The Morgan fingerprint density at radius 3 is 2.59 bits per heavy atom. The first-order valence-corrected chi connectivity index (χ1v) is 12.9. The second-order valence-electron chi connectivity index (χ2n) is 7.32. The number of nitrogens with two attached hydrogens (primary N) is 2. The van der Waals surface area contributed by atoms with Crippen molar-refractivity contribution in [2.45, 2.75) is 33.7 Å². The molecule has 0 radical (unpaired) electrons. The number of nitrogens with one attached hydrogen (secondary N) is 1. The van der Waals surface area contributed by atoms with Crippen LogP contribution in [0.25, 0.3) is 21.4 Å². The predicted octanol–water partition coefficient (Wildman–Crippen LogP) is 3.62. The second kappa shape index (κ2) is 15.9. The third-order valence-corrected chi connectivity index (χ3v) is 5.76. The standard InChI is InChI=1S/C20H22N8S.C4H8N2.C2H6/c1-3-23-12-19-27-28-18(25-26-20(28)29-19)7-13-4-5-17-14(6-13)8-15(11-24-17)16(9-21)10-22-2;1-6-4-2-3-5;1-2/h4-6,8-11,23H,3,7,12,21H2,1-2H3;2-4H,5H2,1H3;1-2H3/b16-9+,22-10?;3-2-,6-4?;. The van der Waals surface area contributed by atoms with Crippen LogP contribution in [0.5, 0.6) is 0 Å². The highest BCUT2D eigenvalue weighted by atomic mass is 32.1. The number of allylic oxidation sites excluding steroid dienone is 2. The Morgan fingerprint density at radius 2 is 1.95 bits per heavy atom. The molecule has 4 aromatic rings. The molecule has 0 unspecified atom stereocenters. The Kier molecular flexibility index (Phi) is 12.6. The molecule has 37 heavy (non-hydrogen) atoms. The van der Waals surface area contributed by atoms with Gasteiger partial charge in [-0.3, -0.25) is 15.0 Å². The van der Waals surface area contributed by atoms with Crippen molar-refractivity contribution in [3.8, 4) is 0 Å². The lowest BCUT2D eigenvalue weighted by Crippen LogP contribution is -2.11. The van der Waals surface area contributed by atoms with E-state index < -0.39 is 0 Å². The van der Waals surface area contributed by atoms with Gasteiger partial charge in [-0.25, -0.2) is 0 Å². The summed E-state index contributed by atoms with van der Waals surface area (Å²) in [6.45, 7) is 7.73. The molecule has 0 amide bonds. The SMILES string of the molecule is CC.CCNCc1nn2c(Cc3ccc4ncc(/C(C=NC)=C/N)cc4c3)nnc2s1.CN=C/C=C\N. The number of rotatable bonds is 8. The molecule has 11 heteroatoms. The van der Waals surface area contributed by atoms with Gasteiger partial charge in [0.1, 0.15) is 5.01 Å². The van der Waals surface area contributed by atoms with Crippen LogP contribution in [0.1, 0.15) is 42.7 Å². The van der Waals surface area contributed by atoms with Crippen LogP contribution < -0.4 is 16.8 Å². The summed E-state index contributed by atoms with van der Waals surface area (Å²) in [4.78, 5) is 13.0. The average molecular weight is 521 g/mol. The highest BCUT2D eigenvalue weighted by Gasteiger charge is 2.12. The number of aliphatic imine (C=N–C) groups is 2. The smallest absolute Gasteiger partial charge is 0.234 e. The third-order valence-electron chi connectivity index (χ3n) is 4.86. The van der Waals surface area contributed by atoms with Crippen molar-refractivity contribution in [2.24, 2.45) is 21.5 Å². The summed E-state index contributed by atoms with van der Waals surface area (Å²) in [5.74, 6) is 0.822. The van der Waals surface area contributed by atoms with Crippen LogP contribution in [0, 0.1) is 0 Å². The highest BCUT2D eigenvalue weighted by molar-refractivity contribution is 7.16. The van der Waals surface area contributed by atoms with Gasteiger partial charge in [-0.2, -0.15) is 9.61 Å². The van der Waals surface area contributed by atoms with Crippen LogP contribution in [0.2, 0.25) is 0 Å². The molecule has 0 aliphatic rings. The normalized spacial score (nSPS) is 11.9. The molecule has 0 bridgehead atoms. The molecule has 0 saturated carbocycles. The number of hydrogen-bond acceptors (Lipinski definition) is 10. The molecule has 3 heterocycles. The number of benzene rings is 1. The van der Waals surface area contributed by atoms with E-state index in [9.17, 15) is 0 Å². The first-order chi connectivity index (χ1) is 18.1. The van der Waals surface area contributed by atoms with Gasteiger partial charge >= 0.3 is 0 Å². The maximum atomic E-state index is 5.73. The zero-order valence-electron chi connectivity index (χ0n) is 22.1. The minimum Gasteiger partial charge on any atom is -0.405 e. The van der Waals surface area contributed by atoms with Crippen molar-refractivity contribution in [2.75, 3.05) is 20.6 Å². The summed E-state index contributed by atoms with van der Waals surface area (Å²) in [6.07, 6.45) is 10.5. The van der Waals surface area contributed by atoms with E-state index in [1.54, 1.807) is 50.1 Å². The lowest BCUT2D eigenvalue weighted by atomic mass is 10.0. The van der Waals surface area contributed by atoms with Crippen molar-refractivity contribution in [3.63, 3.8) is 0 Å². The van der Waals surface area contributed by atoms with Gasteiger partial charge in [0.25, 0.3) is 0 Å². The fourth-order valence-electron chi connectivity index (χ4n) is 3.23. The molecule has 10 nitrogen and oxygen atoms in total. The number of nitrogens with zero attached hydrogens (tertiary/aromatic N) is 7. The Hall–Kier alpha value is -3.96. The Labute approximate surface area is 222 Å². The van der Waals surface area contributed by atoms with E-state index in [-0.39, 0.29) is 0 Å². The topological polar surface area (TPSA) is 145 Å². The number of pyridine rings is 1.